The molecule has 1 aromatic rings. The van der Waals surface area contributed by atoms with E-state index in [2.05, 4.69) is 11.0 Å². The third-order valence-electron chi connectivity index (χ3n) is 3.14. The van der Waals surface area contributed by atoms with Crippen molar-refractivity contribution in [2.24, 2.45) is 0 Å². The average molecular weight is 290 g/mol. The van der Waals surface area contributed by atoms with E-state index in [1.807, 2.05) is 25.1 Å². The number of nitrogens with zero attached hydrogens (tertiary/aromatic N) is 2. The fourth-order valence-electron chi connectivity index (χ4n) is 2.07. The van der Waals surface area contributed by atoms with E-state index in [9.17, 15) is 4.79 Å². The van der Waals surface area contributed by atoms with Crippen LogP contribution >= 0.6 is 0 Å². The third kappa shape index (κ3) is 6.89. The molecule has 0 unspecified atom stereocenters. The van der Waals surface area contributed by atoms with E-state index >= 15 is 0 Å². The van der Waals surface area contributed by atoms with Crippen LogP contribution in [0.25, 0.3) is 0 Å². The molecular formula is C16H22N2O3. The van der Waals surface area contributed by atoms with Crippen molar-refractivity contribution >= 4 is 5.97 Å². The first kappa shape index (κ1) is 17.2. The molecule has 0 aliphatic rings. The second-order valence-electron chi connectivity index (χ2n) is 4.74. The first-order valence-corrected chi connectivity index (χ1v) is 7.17. The second kappa shape index (κ2) is 9.92. The van der Waals surface area contributed by atoms with Crippen molar-refractivity contribution < 1.29 is 14.6 Å². The molecule has 0 amide bonds. The van der Waals surface area contributed by atoms with Crippen molar-refractivity contribution in [3.8, 4) is 6.07 Å². The fourth-order valence-corrected chi connectivity index (χ4v) is 2.07. The minimum atomic E-state index is -0.807. The normalized spacial score (nSPS) is 10.5. The number of nitriles is 1. The van der Waals surface area contributed by atoms with E-state index in [0.29, 0.717) is 31.9 Å². The highest BCUT2D eigenvalue weighted by atomic mass is 16.5. The quantitative estimate of drug-likeness (QED) is 0.669. The molecule has 0 atom stereocenters. The van der Waals surface area contributed by atoms with Crippen LogP contribution in [0.1, 0.15) is 30.9 Å². The van der Waals surface area contributed by atoms with Crippen LogP contribution in [-0.4, -0.2) is 42.3 Å². The van der Waals surface area contributed by atoms with Gasteiger partial charge in [-0.05, 0) is 25.0 Å². The zero-order chi connectivity index (χ0) is 15.5. The zero-order valence-corrected chi connectivity index (χ0v) is 12.4. The van der Waals surface area contributed by atoms with Gasteiger partial charge in [-0.2, -0.15) is 5.26 Å². The van der Waals surface area contributed by atoms with E-state index in [-0.39, 0.29) is 6.42 Å². The number of rotatable bonds is 10. The molecule has 0 saturated heterocycles. The number of carbonyl (C=O) groups is 1. The molecule has 0 fully saturated rings. The highest BCUT2D eigenvalue weighted by Crippen LogP contribution is 2.11. The number of hydrogen-bond donors (Lipinski definition) is 1. The molecule has 0 aliphatic heterocycles. The molecule has 0 bridgehead atoms. The van der Waals surface area contributed by atoms with E-state index in [0.717, 1.165) is 18.5 Å². The largest absolute Gasteiger partial charge is 0.481 e. The lowest BCUT2D eigenvalue weighted by molar-refractivity contribution is -0.137. The van der Waals surface area contributed by atoms with Gasteiger partial charge in [-0.15, -0.1) is 0 Å². The lowest BCUT2D eigenvalue weighted by Crippen LogP contribution is -2.28. The van der Waals surface area contributed by atoms with Crippen LogP contribution in [0.15, 0.2) is 24.3 Å². The van der Waals surface area contributed by atoms with Crippen LogP contribution < -0.4 is 0 Å². The van der Waals surface area contributed by atoms with Crippen LogP contribution in [0.3, 0.4) is 0 Å². The Kier molecular flexibility index (Phi) is 8.10. The molecule has 0 saturated carbocycles. The molecule has 21 heavy (non-hydrogen) atoms. The Balaban J connectivity index is 2.62. The standard InChI is InChI=1S/C16H22N2O3/c1-2-21-11-5-9-18(10-8-16(19)20)13-15-7-4-3-6-14(15)12-17/h3-4,6-7H,2,5,8-11,13H2,1H3,(H,19,20). The molecule has 0 spiro atoms. The SMILES string of the molecule is CCOCCCN(CCC(=O)O)Cc1ccccc1C#N. The Labute approximate surface area is 125 Å². The first-order valence-electron chi connectivity index (χ1n) is 7.17. The topological polar surface area (TPSA) is 73.6 Å². The van der Waals surface area contributed by atoms with Gasteiger partial charge in [0.1, 0.15) is 0 Å². The maximum absolute atomic E-state index is 10.8. The fraction of sp³-hybridized carbons (Fsp3) is 0.500. The number of hydrogen-bond acceptors (Lipinski definition) is 4. The van der Waals surface area contributed by atoms with Crippen LogP contribution in [0.5, 0.6) is 0 Å². The molecule has 5 heteroatoms. The monoisotopic (exact) mass is 290 g/mol. The Morgan fingerprint density at radius 3 is 2.81 bits per heavy atom. The summed E-state index contributed by atoms with van der Waals surface area (Å²) in [6, 6.07) is 9.60. The molecular weight excluding hydrogens is 268 g/mol. The molecule has 5 nitrogen and oxygen atoms in total. The van der Waals surface area contributed by atoms with Gasteiger partial charge in [-0.25, -0.2) is 0 Å². The lowest BCUT2D eigenvalue weighted by Gasteiger charge is -2.22. The van der Waals surface area contributed by atoms with Crippen LogP contribution in [0, 0.1) is 11.3 Å². The first-order chi connectivity index (χ1) is 10.2. The number of ether oxygens (including phenoxy) is 1. The van der Waals surface area contributed by atoms with Gasteiger partial charge in [0.2, 0.25) is 0 Å². The van der Waals surface area contributed by atoms with Gasteiger partial charge in [0.05, 0.1) is 18.1 Å². The van der Waals surface area contributed by atoms with E-state index < -0.39 is 5.97 Å². The predicted molar refractivity (Wildman–Crippen MR) is 79.8 cm³/mol. The summed E-state index contributed by atoms with van der Waals surface area (Å²) in [6.45, 7) is 5.12. The summed E-state index contributed by atoms with van der Waals surface area (Å²) in [5, 5.41) is 17.9. The maximum atomic E-state index is 10.8. The van der Waals surface area contributed by atoms with Crippen molar-refractivity contribution in [1.29, 1.82) is 5.26 Å². The van der Waals surface area contributed by atoms with Crippen LogP contribution in [0.4, 0.5) is 0 Å². The van der Waals surface area contributed by atoms with Gasteiger partial charge in [-0.1, -0.05) is 18.2 Å². The molecule has 1 N–H and O–H groups in total. The summed E-state index contributed by atoms with van der Waals surface area (Å²) in [5.74, 6) is -0.807. The summed E-state index contributed by atoms with van der Waals surface area (Å²) in [4.78, 5) is 12.8. The second-order valence-corrected chi connectivity index (χ2v) is 4.74. The van der Waals surface area contributed by atoms with Crippen LogP contribution in [0.2, 0.25) is 0 Å². The molecule has 0 heterocycles. The van der Waals surface area contributed by atoms with Gasteiger partial charge < -0.3 is 9.84 Å². The number of aliphatic carboxylic acids is 1. The Morgan fingerprint density at radius 1 is 1.38 bits per heavy atom. The Morgan fingerprint density at radius 2 is 2.14 bits per heavy atom. The summed E-state index contributed by atoms with van der Waals surface area (Å²) in [5.41, 5.74) is 1.57. The molecule has 0 aromatic heterocycles. The van der Waals surface area contributed by atoms with Crippen molar-refractivity contribution in [3.05, 3.63) is 35.4 Å². The molecule has 0 aliphatic carbocycles. The molecule has 0 radical (unpaired) electrons. The molecule has 1 rings (SSSR count). The number of benzene rings is 1. The summed E-state index contributed by atoms with van der Waals surface area (Å²) in [6.07, 6.45) is 0.950. The van der Waals surface area contributed by atoms with Crippen molar-refractivity contribution in [2.45, 2.75) is 26.3 Å². The Hall–Kier alpha value is -1.90. The summed E-state index contributed by atoms with van der Waals surface area (Å²) < 4.78 is 5.31. The summed E-state index contributed by atoms with van der Waals surface area (Å²) in [7, 11) is 0. The van der Waals surface area contributed by atoms with Crippen molar-refractivity contribution in [1.82, 2.24) is 4.90 Å². The number of carboxylic acids is 1. The van der Waals surface area contributed by atoms with Crippen molar-refractivity contribution in [3.63, 3.8) is 0 Å². The highest BCUT2D eigenvalue weighted by molar-refractivity contribution is 5.66. The average Bonchev–Trinajstić information content (AvgIpc) is 2.49. The lowest BCUT2D eigenvalue weighted by atomic mass is 10.1. The van der Waals surface area contributed by atoms with E-state index in [1.54, 1.807) is 6.07 Å². The maximum Gasteiger partial charge on any atom is 0.304 e. The van der Waals surface area contributed by atoms with Gasteiger partial charge in [-0.3, -0.25) is 9.69 Å². The van der Waals surface area contributed by atoms with Crippen molar-refractivity contribution in [2.75, 3.05) is 26.3 Å². The Bertz CT molecular complexity index is 483. The van der Waals surface area contributed by atoms with E-state index in [4.69, 9.17) is 15.1 Å². The predicted octanol–water partition coefficient (Wildman–Crippen LogP) is 2.26. The zero-order valence-electron chi connectivity index (χ0n) is 12.4. The van der Waals surface area contributed by atoms with Gasteiger partial charge in [0, 0.05) is 32.8 Å². The van der Waals surface area contributed by atoms with Gasteiger partial charge in [0.15, 0.2) is 0 Å². The smallest absolute Gasteiger partial charge is 0.304 e. The van der Waals surface area contributed by atoms with Crippen LogP contribution in [-0.2, 0) is 16.1 Å². The minimum absolute atomic E-state index is 0.101. The number of carboxylic acid groups (broad SMARTS) is 1. The third-order valence-corrected chi connectivity index (χ3v) is 3.14. The van der Waals surface area contributed by atoms with Gasteiger partial charge >= 0.3 is 5.97 Å². The van der Waals surface area contributed by atoms with E-state index in [1.165, 1.54) is 0 Å². The highest BCUT2D eigenvalue weighted by Gasteiger charge is 2.10. The molecule has 114 valence electrons. The molecule has 1 aromatic carbocycles. The summed E-state index contributed by atoms with van der Waals surface area (Å²) >= 11 is 0. The minimum Gasteiger partial charge on any atom is -0.481 e. The van der Waals surface area contributed by atoms with Gasteiger partial charge in [0.25, 0.3) is 0 Å².